The number of hydrogen-bond donors (Lipinski definition) is 1. The lowest BCUT2D eigenvalue weighted by molar-refractivity contribution is -0.121. The smallest absolute Gasteiger partial charge is 0.261 e. The number of amides is 1. The van der Waals surface area contributed by atoms with Gasteiger partial charge in [-0.25, -0.2) is 8.42 Å². The summed E-state index contributed by atoms with van der Waals surface area (Å²) in [5.41, 5.74) is 1.03. The van der Waals surface area contributed by atoms with Crippen LogP contribution in [0.2, 0.25) is 0 Å². The molecule has 1 amide bonds. The molecule has 118 valence electrons. The van der Waals surface area contributed by atoms with Gasteiger partial charge in [-0.05, 0) is 37.0 Å². The zero-order valence-corrected chi connectivity index (χ0v) is 13.8. The first-order valence-electron chi connectivity index (χ1n) is 7.24. The summed E-state index contributed by atoms with van der Waals surface area (Å²) in [6.07, 6.45) is 5.35. The Morgan fingerprint density at radius 2 is 1.81 bits per heavy atom. The van der Waals surface area contributed by atoms with Crippen molar-refractivity contribution in [2.24, 2.45) is 0 Å². The van der Waals surface area contributed by atoms with Crippen LogP contribution in [0.5, 0.6) is 0 Å². The highest BCUT2D eigenvalue weighted by atomic mass is 35.7. The first kappa shape index (κ1) is 18.0. The Balaban J connectivity index is 2.25. The minimum Gasteiger partial charge on any atom is -0.356 e. The predicted octanol–water partition coefficient (Wildman–Crippen LogP) is 3.24. The van der Waals surface area contributed by atoms with Crippen LogP contribution < -0.4 is 5.32 Å². The normalized spacial score (nSPS) is 11.3. The van der Waals surface area contributed by atoms with Gasteiger partial charge in [0.05, 0.1) is 4.90 Å². The molecule has 0 radical (unpaired) electrons. The summed E-state index contributed by atoms with van der Waals surface area (Å²) >= 11 is 0. The third-order valence-corrected chi connectivity index (χ3v) is 4.55. The summed E-state index contributed by atoms with van der Waals surface area (Å²) in [5.74, 6) is 0.104. The van der Waals surface area contributed by atoms with E-state index >= 15 is 0 Å². The summed E-state index contributed by atoms with van der Waals surface area (Å²) < 4.78 is 22.2. The summed E-state index contributed by atoms with van der Waals surface area (Å²) in [5, 5.41) is 2.89. The number of carbonyl (C=O) groups excluding carboxylic acids is 1. The van der Waals surface area contributed by atoms with Crippen LogP contribution in [-0.4, -0.2) is 20.9 Å². The molecule has 4 nitrogen and oxygen atoms in total. The van der Waals surface area contributed by atoms with Gasteiger partial charge in [-0.2, -0.15) is 0 Å². The number of unbranched alkanes of at least 4 members (excludes halogenated alkanes) is 2. The third kappa shape index (κ3) is 7.48. The van der Waals surface area contributed by atoms with E-state index in [-0.39, 0.29) is 10.8 Å². The van der Waals surface area contributed by atoms with E-state index in [0.29, 0.717) is 13.0 Å². The maximum Gasteiger partial charge on any atom is 0.261 e. The van der Waals surface area contributed by atoms with Gasteiger partial charge < -0.3 is 5.32 Å². The summed E-state index contributed by atoms with van der Waals surface area (Å²) in [6, 6.07) is 6.50. The molecule has 0 unspecified atom stereocenters. The molecule has 1 aromatic carbocycles. The number of rotatable bonds is 9. The van der Waals surface area contributed by atoms with E-state index < -0.39 is 9.05 Å². The maximum absolute atomic E-state index is 11.5. The molecule has 0 aliphatic heterocycles. The van der Waals surface area contributed by atoms with E-state index in [9.17, 15) is 13.2 Å². The summed E-state index contributed by atoms with van der Waals surface area (Å²) in [4.78, 5) is 11.6. The zero-order valence-electron chi connectivity index (χ0n) is 12.3. The van der Waals surface area contributed by atoms with Gasteiger partial charge in [-0.1, -0.05) is 31.9 Å². The highest BCUT2D eigenvalue weighted by Gasteiger charge is 2.08. The molecule has 0 aromatic heterocycles. The lowest BCUT2D eigenvalue weighted by Gasteiger charge is -2.05. The van der Waals surface area contributed by atoms with Crippen molar-refractivity contribution >= 4 is 25.6 Å². The van der Waals surface area contributed by atoms with Crippen LogP contribution in [0.15, 0.2) is 29.2 Å². The van der Waals surface area contributed by atoms with Crippen molar-refractivity contribution in [1.29, 1.82) is 0 Å². The van der Waals surface area contributed by atoms with Gasteiger partial charge in [-0.15, -0.1) is 0 Å². The molecule has 0 fully saturated rings. The molecule has 0 aliphatic rings. The van der Waals surface area contributed by atoms with Crippen molar-refractivity contribution in [1.82, 2.24) is 5.32 Å². The van der Waals surface area contributed by atoms with Gasteiger partial charge in [0.2, 0.25) is 5.91 Å². The first-order chi connectivity index (χ1) is 9.93. The minimum atomic E-state index is -3.65. The summed E-state index contributed by atoms with van der Waals surface area (Å²) in [6.45, 7) is 2.75. The van der Waals surface area contributed by atoms with Crippen molar-refractivity contribution in [2.75, 3.05) is 6.54 Å². The Hall–Kier alpha value is -1.07. The lowest BCUT2D eigenvalue weighted by atomic mass is 10.1. The second-order valence-corrected chi connectivity index (χ2v) is 7.56. The van der Waals surface area contributed by atoms with Crippen molar-refractivity contribution in [3.05, 3.63) is 29.8 Å². The van der Waals surface area contributed by atoms with Crippen LogP contribution in [0, 0.1) is 0 Å². The van der Waals surface area contributed by atoms with E-state index in [2.05, 4.69) is 12.2 Å². The highest BCUT2D eigenvalue weighted by molar-refractivity contribution is 8.13. The molecule has 21 heavy (non-hydrogen) atoms. The van der Waals surface area contributed by atoms with Crippen molar-refractivity contribution < 1.29 is 13.2 Å². The quantitative estimate of drug-likeness (QED) is 0.558. The van der Waals surface area contributed by atoms with E-state index in [1.54, 1.807) is 12.1 Å². The zero-order chi connectivity index (χ0) is 15.7. The monoisotopic (exact) mass is 331 g/mol. The van der Waals surface area contributed by atoms with Crippen LogP contribution in [0.1, 0.15) is 44.6 Å². The van der Waals surface area contributed by atoms with Gasteiger partial charge in [0.15, 0.2) is 0 Å². The van der Waals surface area contributed by atoms with Gasteiger partial charge in [0, 0.05) is 23.6 Å². The average molecular weight is 332 g/mol. The van der Waals surface area contributed by atoms with Gasteiger partial charge in [-0.3, -0.25) is 4.79 Å². The fourth-order valence-corrected chi connectivity index (χ4v) is 2.73. The number of benzene rings is 1. The molecule has 0 saturated carbocycles. The largest absolute Gasteiger partial charge is 0.356 e. The van der Waals surface area contributed by atoms with Crippen LogP contribution >= 0.6 is 10.7 Å². The van der Waals surface area contributed by atoms with E-state index in [1.165, 1.54) is 12.1 Å². The van der Waals surface area contributed by atoms with Gasteiger partial charge >= 0.3 is 0 Å². The molecular weight excluding hydrogens is 310 g/mol. The minimum absolute atomic E-state index is 0.104. The molecule has 0 aliphatic carbocycles. The Morgan fingerprint density at radius 3 is 2.38 bits per heavy atom. The van der Waals surface area contributed by atoms with E-state index in [1.807, 2.05) is 0 Å². The lowest BCUT2D eigenvalue weighted by Crippen LogP contribution is -2.24. The average Bonchev–Trinajstić information content (AvgIpc) is 2.43. The molecule has 0 atom stereocenters. The van der Waals surface area contributed by atoms with Gasteiger partial charge in [0.25, 0.3) is 9.05 Å². The topological polar surface area (TPSA) is 63.2 Å². The van der Waals surface area contributed by atoms with Crippen LogP contribution in [-0.2, 0) is 20.3 Å². The number of hydrogen-bond acceptors (Lipinski definition) is 3. The Morgan fingerprint density at radius 1 is 1.14 bits per heavy atom. The Kier molecular flexibility index (Phi) is 7.75. The molecular formula is C15H22ClNO3S. The molecule has 0 spiro atoms. The number of halogens is 1. The molecule has 1 rings (SSSR count). The summed E-state index contributed by atoms with van der Waals surface area (Å²) in [7, 11) is 1.60. The SMILES string of the molecule is CCCCCC(=O)NCCCc1ccc(S(=O)(=O)Cl)cc1. The fourth-order valence-electron chi connectivity index (χ4n) is 1.96. The van der Waals surface area contributed by atoms with Crippen LogP contribution in [0.25, 0.3) is 0 Å². The van der Waals surface area contributed by atoms with Crippen molar-refractivity contribution in [2.45, 2.75) is 50.3 Å². The molecule has 0 saturated heterocycles. The second kappa shape index (κ2) is 9.05. The van der Waals surface area contributed by atoms with Crippen molar-refractivity contribution in [3.63, 3.8) is 0 Å². The van der Waals surface area contributed by atoms with Crippen LogP contribution in [0.4, 0.5) is 0 Å². The molecule has 6 heteroatoms. The number of nitrogens with one attached hydrogen (secondary N) is 1. The molecule has 0 bridgehead atoms. The third-order valence-electron chi connectivity index (χ3n) is 3.18. The van der Waals surface area contributed by atoms with E-state index in [4.69, 9.17) is 10.7 Å². The van der Waals surface area contributed by atoms with Gasteiger partial charge in [0.1, 0.15) is 0 Å². The predicted molar refractivity (Wildman–Crippen MR) is 85.0 cm³/mol. The maximum atomic E-state index is 11.5. The number of aryl methyl sites for hydroxylation is 1. The Bertz CT molecular complexity index is 541. The van der Waals surface area contributed by atoms with Crippen LogP contribution in [0.3, 0.4) is 0 Å². The van der Waals surface area contributed by atoms with E-state index in [0.717, 1.165) is 37.7 Å². The highest BCUT2D eigenvalue weighted by Crippen LogP contribution is 2.15. The molecule has 0 heterocycles. The molecule has 1 N–H and O–H groups in total. The molecule has 1 aromatic rings. The number of carbonyl (C=O) groups is 1. The second-order valence-electron chi connectivity index (χ2n) is 4.99. The standard InChI is InChI=1S/C15H22ClNO3S/c1-2-3-4-7-15(18)17-12-5-6-13-8-10-14(11-9-13)21(16,19)20/h8-11H,2-7,12H2,1H3,(H,17,18). The fraction of sp³-hybridized carbons (Fsp3) is 0.533. The first-order valence-corrected chi connectivity index (χ1v) is 9.54. The van der Waals surface area contributed by atoms with Crippen molar-refractivity contribution in [3.8, 4) is 0 Å². The Labute approximate surface area is 131 Å².